The zero-order valence-corrected chi connectivity index (χ0v) is 7.74. The Labute approximate surface area is 77.2 Å². The van der Waals surface area contributed by atoms with Gasteiger partial charge in [0.15, 0.2) is 0 Å². The Morgan fingerprint density at radius 3 is 2.85 bits per heavy atom. The zero-order valence-electron chi connectivity index (χ0n) is 7.74. The summed E-state index contributed by atoms with van der Waals surface area (Å²) >= 11 is 0. The summed E-state index contributed by atoms with van der Waals surface area (Å²) < 4.78 is 0. The van der Waals surface area contributed by atoms with Gasteiger partial charge in [-0.3, -0.25) is 4.98 Å². The van der Waals surface area contributed by atoms with Gasteiger partial charge in [0.05, 0.1) is 11.4 Å². The Bertz CT molecular complexity index is 309. The van der Waals surface area contributed by atoms with Gasteiger partial charge in [-0.15, -0.1) is 0 Å². The van der Waals surface area contributed by atoms with E-state index < -0.39 is 6.03 Å². The second-order valence-electron chi connectivity index (χ2n) is 3.08. The van der Waals surface area contributed by atoms with E-state index in [4.69, 9.17) is 5.73 Å². The Balaban J connectivity index is 2.97. The van der Waals surface area contributed by atoms with Crippen LogP contribution in [0.4, 0.5) is 10.5 Å². The van der Waals surface area contributed by atoms with E-state index in [9.17, 15) is 4.79 Å². The molecule has 0 aliphatic heterocycles. The molecule has 1 heterocycles. The highest BCUT2D eigenvalue weighted by molar-refractivity contribution is 5.88. The van der Waals surface area contributed by atoms with Crippen LogP contribution in [0.2, 0.25) is 0 Å². The Morgan fingerprint density at radius 1 is 1.62 bits per heavy atom. The summed E-state index contributed by atoms with van der Waals surface area (Å²) in [5.74, 6) is 0.267. The zero-order chi connectivity index (χ0) is 9.84. The molecule has 13 heavy (non-hydrogen) atoms. The van der Waals surface area contributed by atoms with E-state index in [0.717, 1.165) is 5.69 Å². The van der Waals surface area contributed by atoms with Crippen LogP contribution in [0, 0.1) is 0 Å². The molecular formula is C9H13N3O. The van der Waals surface area contributed by atoms with Gasteiger partial charge in [-0.25, -0.2) is 4.79 Å². The van der Waals surface area contributed by atoms with Gasteiger partial charge in [0, 0.05) is 6.20 Å². The average molecular weight is 179 g/mol. The van der Waals surface area contributed by atoms with E-state index in [1.807, 2.05) is 13.8 Å². The summed E-state index contributed by atoms with van der Waals surface area (Å²) in [7, 11) is 0. The van der Waals surface area contributed by atoms with Crippen LogP contribution in [-0.2, 0) is 0 Å². The number of hydrogen-bond donors (Lipinski definition) is 2. The second-order valence-corrected chi connectivity index (χ2v) is 3.08. The SMILES string of the molecule is CC(C)c1ncccc1NC(N)=O. The molecule has 4 nitrogen and oxygen atoms in total. The minimum absolute atomic E-state index is 0.267. The standard InChI is InChI=1S/C9H13N3O/c1-6(2)8-7(12-9(10)13)4-3-5-11-8/h3-6H,1-2H3,(H3,10,12,13). The fourth-order valence-corrected chi connectivity index (χ4v) is 1.12. The molecule has 0 saturated carbocycles. The fourth-order valence-electron chi connectivity index (χ4n) is 1.12. The summed E-state index contributed by atoms with van der Waals surface area (Å²) in [5.41, 5.74) is 6.55. The number of anilines is 1. The molecule has 1 aromatic rings. The van der Waals surface area contributed by atoms with Crippen molar-refractivity contribution in [3.8, 4) is 0 Å². The number of nitrogens with one attached hydrogen (secondary N) is 1. The molecule has 4 heteroatoms. The van der Waals surface area contributed by atoms with Crippen molar-refractivity contribution in [3.63, 3.8) is 0 Å². The Hall–Kier alpha value is -1.58. The van der Waals surface area contributed by atoms with Gasteiger partial charge in [0.1, 0.15) is 0 Å². The van der Waals surface area contributed by atoms with Crippen LogP contribution in [0.1, 0.15) is 25.5 Å². The molecule has 0 aromatic carbocycles. The number of nitrogens with two attached hydrogens (primary N) is 1. The molecular weight excluding hydrogens is 166 g/mol. The number of hydrogen-bond acceptors (Lipinski definition) is 2. The van der Waals surface area contributed by atoms with Gasteiger partial charge in [-0.2, -0.15) is 0 Å². The minimum atomic E-state index is -0.560. The highest BCUT2D eigenvalue weighted by Crippen LogP contribution is 2.20. The summed E-state index contributed by atoms with van der Waals surface area (Å²) in [6, 6.07) is 2.99. The predicted molar refractivity (Wildman–Crippen MR) is 51.5 cm³/mol. The molecule has 0 aliphatic carbocycles. The Kier molecular flexibility index (Phi) is 2.84. The number of pyridine rings is 1. The van der Waals surface area contributed by atoms with Gasteiger partial charge in [-0.05, 0) is 18.1 Å². The minimum Gasteiger partial charge on any atom is -0.351 e. The maximum atomic E-state index is 10.6. The number of urea groups is 1. The first kappa shape index (κ1) is 9.51. The molecule has 0 fully saturated rings. The molecule has 0 atom stereocenters. The first-order valence-corrected chi connectivity index (χ1v) is 4.12. The third-order valence-corrected chi connectivity index (χ3v) is 1.64. The van der Waals surface area contributed by atoms with Gasteiger partial charge in [0.25, 0.3) is 0 Å². The lowest BCUT2D eigenvalue weighted by molar-refractivity contribution is 0.259. The summed E-state index contributed by atoms with van der Waals surface area (Å²) in [6.45, 7) is 4.02. The molecule has 0 radical (unpaired) electrons. The molecule has 0 spiro atoms. The first-order valence-electron chi connectivity index (χ1n) is 4.12. The monoisotopic (exact) mass is 179 g/mol. The van der Waals surface area contributed by atoms with E-state index in [2.05, 4.69) is 10.3 Å². The van der Waals surface area contributed by atoms with Gasteiger partial charge in [-0.1, -0.05) is 13.8 Å². The summed E-state index contributed by atoms with van der Waals surface area (Å²) in [6.07, 6.45) is 1.70. The number of amides is 2. The quantitative estimate of drug-likeness (QED) is 0.725. The van der Waals surface area contributed by atoms with Crippen LogP contribution >= 0.6 is 0 Å². The predicted octanol–water partition coefficient (Wildman–Crippen LogP) is 1.70. The molecule has 0 aliphatic rings. The lowest BCUT2D eigenvalue weighted by atomic mass is 10.1. The molecule has 0 bridgehead atoms. The largest absolute Gasteiger partial charge is 0.351 e. The topological polar surface area (TPSA) is 68.0 Å². The van der Waals surface area contributed by atoms with Crippen molar-refractivity contribution in [1.29, 1.82) is 0 Å². The van der Waals surface area contributed by atoms with Crippen molar-refractivity contribution in [2.75, 3.05) is 5.32 Å². The highest BCUT2D eigenvalue weighted by atomic mass is 16.2. The van der Waals surface area contributed by atoms with Crippen LogP contribution in [-0.4, -0.2) is 11.0 Å². The van der Waals surface area contributed by atoms with Gasteiger partial charge in [0.2, 0.25) is 0 Å². The fraction of sp³-hybridized carbons (Fsp3) is 0.333. The molecule has 3 N–H and O–H groups in total. The first-order chi connectivity index (χ1) is 6.11. The van der Waals surface area contributed by atoms with Crippen LogP contribution in [0.3, 0.4) is 0 Å². The van der Waals surface area contributed by atoms with Crippen LogP contribution in [0.25, 0.3) is 0 Å². The van der Waals surface area contributed by atoms with Crippen molar-refractivity contribution in [2.45, 2.75) is 19.8 Å². The molecule has 1 rings (SSSR count). The third-order valence-electron chi connectivity index (χ3n) is 1.64. The smallest absolute Gasteiger partial charge is 0.316 e. The average Bonchev–Trinajstić information content (AvgIpc) is 2.03. The second kappa shape index (κ2) is 3.89. The molecule has 70 valence electrons. The number of primary amides is 1. The van der Waals surface area contributed by atoms with Gasteiger partial charge >= 0.3 is 6.03 Å². The van der Waals surface area contributed by atoms with Crippen LogP contribution in [0.5, 0.6) is 0 Å². The van der Waals surface area contributed by atoms with E-state index in [0.29, 0.717) is 5.69 Å². The van der Waals surface area contributed by atoms with E-state index in [-0.39, 0.29) is 5.92 Å². The van der Waals surface area contributed by atoms with Crippen molar-refractivity contribution >= 4 is 11.7 Å². The van der Waals surface area contributed by atoms with E-state index in [1.54, 1.807) is 18.3 Å². The number of carbonyl (C=O) groups is 1. The number of carbonyl (C=O) groups excluding carboxylic acids is 1. The molecule has 1 aromatic heterocycles. The van der Waals surface area contributed by atoms with Crippen molar-refractivity contribution in [3.05, 3.63) is 24.0 Å². The highest BCUT2D eigenvalue weighted by Gasteiger charge is 2.07. The van der Waals surface area contributed by atoms with Crippen molar-refractivity contribution in [1.82, 2.24) is 4.98 Å². The lowest BCUT2D eigenvalue weighted by Crippen LogP contribution is -2.20. The van der Waals surface area contributed by atoms with Crippen LogP contribution < -0.4 is 11.1 Å². The van der Waals surface area contributed by atoms with Gasteiger partial charge < -0.3 is 11.1 Å². The molecule has 0 saturated heterocycles. The normalized spacial score (nSPS) is 10.1. The molecule has 0 unspecified atom stereocenters. The number of rotatable bonds is 2. The Morgan fingerprint density at radius 2 is 2.31 bits per heavy atom. The molecule has 2 amide bonds. The van der Waals surface area contributed by atoms with E-state index >= 15 is 0 Å². The summed E-state index contributed by atoms with van der Waals surface area (Å²) in [4.78, 5) is 14.8. The van der Waals surface area contributed by atoms with Crippen molar-refractivity contribution < 1.29 is 4.79 Å². The lowest BCUT2D eigenvalue weighted by Gasteiger charge is -2.10. The maximum absolute atomic E-state index is 10.6. The van der Waals surface area contributed by atoms with E-state index in [1.165, 1.54) is 0 Å². The number of nitrogens with zero attached hydrogens (tertiary/aromatic N) is 1. The third kappa shape index (κ3) is 2.43. The summed E-state index contributed by atoms with van der Waals surface area (Å²) in [5, 5.41) is 2.53. The maximum Gasteiger partial charge on any atom is 0.316 e. The van der Waals surface area contributed by atoms with Crippen LogP contribution in [0.15, 0.2) is 18.3 Å². The van der Waals surface area contributed by atoms with Crippen molar-refractivity contribution in [2.24, 2.45) is 5.73 Å². The number of aromatic nitrogens is 1.